The molecule has 0 unspecified atom stereocenters. The van der Waals surface area contributed by atoms with Crippen LogP contribution in [0, 0.1) is 0 Å². The van der Waals surface area contributed by atoms with Crippen LogP contribution < -0.4 is 15.8 Å². The fourth-order valence-corrected chi connectivity index (χ4v) is 1.55. The molecule has 1 aromatic carbocycles. The molecule has 18 heavy (non-hydrogen) atoms. The predicted molar refractivity (Wildman–Crippen MR) is 67.3 cm³/mol. The van der Waals surface area contributed by atoms with Crippen molar-refractivity contribution in [3.63, 3.8) is 0 Å². The summed E-state index contributed by atoms with van der Waals surface area (Å²) in [5.41, 5.74) is 6.58. The van der Waals surface area contributed by atoms with Gasteiger partial charge in [-0.3, -0.25) is 4.79 Å². The van der Waals surface area contributed by atoms with E-state index in [1.54, 1.807) is 43.7 Å². The van der Waals surface area contributed by atoms with Gasteiger partial charge in [-0.2, -0.15) is 0 Å². The first kappa shape index (κ1) is 12.0. The van der Waals surface area contributed by atoms with E-state index < -0.39 is 0 Å². The maximum absolute atomic E-state index is 11.9. The van der Waals surface area contributed by atoms with Gasteiger partial charge in [0.25, 0.3) is 5.91 Å². The molecule has 2 rings (SSSR count). The van der Waals surface area contributed by atoms with Crippen molar-refractivity contribution in [3.05, 3.63) is 47.9 Å². The van der Waals surface area contributed by atoms with Crippen LogP contribution in [0.1, 0.15) is 16.1 Å². The topological polar surface area (TPSA) is 77.5 Å². The van der Waals surface area contributed by atoms with Gasteiger partial charge in [0.15, 0.2) is 0 Å². The van der Waals surface area contributed by atoms with Gasteiger partial charge in [0, 0.05) is 11.8 Å². The third-order valence-corrected chi connectivity index (χ3v) is 2.51. The van der Waals surface area contributed by atoms with Crippen molar-refractivity contribution in [2.75, 3.05) is 12.8 Å². The molecular formula is C13H14N2O3. The molecule has 1 heterocycles. The third-order valence-electron chi connectivity index (χ3n) is 2.51. The van der Waals surface area contributed by atoms with Crippen molar-refractivity contribution >= 4 is 11.6 Å². The molecule has 0 aliphatic carbocycles. The first-order valence-electron chi connectivity index (χ1n) is 5.45. The molecule has 0 aliphatic rings. The van der Waals surface area contributed by atoms with Crippen molar-refractivity contribution in [1.29, 1.82) is 0 Å². The Morgan fingerprint density at radius 3 is 2.89 bits per heavy atom. The normalized spacial score (nSPS) is 10.1. The summed E-state index contributed by atoms with van der Waals surface area (Å²) in [6.07, 6.45) is 1.56. The number of nitrogens with one attached hydrogen (secondary N) is 1. The van der Waals surface area contributed by atoms with Gasteiger partial charge in [-0.1, -0.05) is 0 Å². The molecule has 3 N–H and O–H groups in total. The van der Waals surface area contributed by atoms with Crippen LogP contribution in [0.25, 0.3) is 0 Å². The summed E-state index contributed by atoms with van der Waals surface area (Å²) in [7, 11) is 1.55. The SMILES string of the molecule is COc1ccc(C(=O)NCc2ccco2)c(N)c1. The highest BCUT2D eigenvalue weighted by atomic mass is 16.5. The zero-order valence-electron chi connectivity index (χ0n) is 9.97. The van der Waals surface area contributed by atoms with Gasteiger partial charge >= 0.3 is 0 Å². The molecule has 5 nitrogen and oxygen atoms in total. The number of benzene rings is 1. The highest BCUT2D eigenvalue weighted by Gasteiger charge is 2.10. The first-order valence-corrected chi connectivity index (χ1v) is 5.45. The second kappa shape index (κ2) is 5.27. The van der Waals surface area contributed by atoms with Gasteiger partial charge in [0.2, 0.25) is 0 Å². The van der Waals surface area contributed by atoms with Crippen LogP contribution in [-0.2, 0) is 6.54 Å². The summed E-state index contributed by atoms with van der Waals surface area (Å²) in [5, 5.41) is 2.73. The van der Waals surface area contributed by atoms with Crippen LogP contribution in [0.15, 0.2) is 41.0 Å². The van der Waals surface area contributed by atoms with Crippen LogP contribution in [-0.4, -0.2) is 13.0 Å². The third kappa shape index (κ3) is 2.63. The number of carbonyl (C=O) groups is 1. The summed E-state index contributed by atoms with van der Waals surface area (Å²) < 4.78 is 10.1. The van der Waals surface area contributed by atoms with Gasteiger partial charge in [-0.05, 0) is 24.3 Å². The van der Waals surface area contributed by atoms with E-state index in [2.05, 4.69) is 5.32 Å². The summed E-state index contributed by atoms with van der Waals surface area (Å²) in [6.45, 7) is 0.331. The quantitative estimate of drug-likeness (QED) is 0.806. The zero-order valence-corrected chi connectivity index (χ0v) is 9.97. The van der Waals surface area contributed by atoms with Gasteiger partial charge in [-0.25, -0.2) is 0 Å². The number of hydrogen-bond donors (Lipinski definition) is 2. The Morgan fingerprint density at radius 1 is 1.44 bits per heavy atom. The monoisotopic (exact) mass is 246 g/mol. The molecule has 94 valence electrons. The predicted octanol–water partition coefficient (Wildman–Crippen LogP) is 1.80. The number of nitrogen functional groups attached to an aromatic ring is 1. The number of anilines is 1. The maximum atomic E-state index is 11.9. The number of rotatable bonds is 4. The summed E-state index contributed by atoms with van der Waals surface area (Å²) in [6, 6.07) is 8.49. The lowest BCUT2D eigenvalue weighted by molar-refractivity contribution is 0.0949. The van der Waals surface area contributed by atoms with E-state index >= 15 is 0 Å². The van der Waals surface area contributed by atoms with Gasteiger partial charge in [0.1, 0.15) is 11.5 Å². The van der Waals surface area contributed by atoms with E-state index in [1.807, 2.05) is 0 Å². The highest BCUT2D eigenvalue weighted by molar-refractivity contribution is 5.99. The molecule has 0 radical (unpaired) electrons. The minimum Gasteiger partial charge on any atom is -0.497 e. The van der Waals surface area contributed by atoms with Crippen LogP contribution in [0.4, 0.5) is 5.69 Å². The average Bonchev–Trinajstić information content (AvgIpc) is 2.88. The Hall–Kier alpha value is -2.43. The molecule has 0 saturated heterocycles. The Balaban J connectivity index is 2.04. The van der Waals surface area contributed by atoms with Gasteiger partial charge < -0.3 is 20.2 Å². The lowest BCUT2D eigenvalue weighted by Crippen LogP contribution is -2.23. The molecule has 0 atom stereocenters. The Labute approximate surface area is 105 Å². The van der Waals surface area contributed by atoms with Crippen molar-refractivity contribution in [3.8, 4) is 5.75 Å². The molecular weight excluding hydrogens is 232 g/mol. The molecule has 0 saturated carbocycles. The van der Waals surface area contributed by atoms with E-state index in [0.717, 1.165) is 0 Å². The number of furan rings is 1. The molecule has 0 aliphatic heterocycles. The average molecular weight is 246 g/mol. The molecule has 1 amide bonds. The summed E-state index contributed by atoms with van der Waals surface area (Å²) in [4.78, 5) is 11.9. The fraction of sp³-hybridized carbons (Fsp3) is 0.154. The van der Waals surface area contributed by atoms with Crippen LogP contribution >= 0.6 is 0 Å². The molecule has 5 heteroatoms. The Bertz CT molecular complexity index is 535. The highest BCUT2D eigenvalue weighted by Crippen LogP contribution is 2.19. The fourth-order valence-electron chi connectivity index (χ4n) is 1.55. The first-order chi connectivity index (χ1) is 8.70. The van der Waals surface area contributed by atoms with E-state index in [-0.39, 0.29) is 5.91 Å². The number of ether oxygens (including phenoxy) is 1. The van der Waals surface area contributed by atoms with Crippen molar-refractivity contribution in [2.24, 2.45) is 0 Å². The second-order valence-electron chi connectivity index (χ2n) is 3.72. The minimum absolute atomic E-state index is 0.244. The number of methoxy groups -OCH3 is 1. The minimum atomic E-state index is -0.244. The van der Waals surface area contributed by atoms with Gasteiger partial charge in [0.05, 0.1) is 25.5 Å². The largest absolute Gasteiger partial charge is 0.497 e. The summed E-state index contributed by atoms with van der Waals surface area (Å²) >= 11 is 0. The second-order valence-corrected chi connectivity index (χ2v) is 3.72. The lowest BCUT2D eigenvalue weighted by atomic mass is 10.1. The standard InChI is InChI=1S/C13H14N2O3/c1-17-9-4-5-11(12(14)7-9)13(16)15-8-10-3-2-6-18-10/h2-7H,8,14H2,1H3,(H,15,16). The van der Waals surface area contributed by atoms with Gasteiger partial charge in [-0.15, -0.1) is 0 Å². The number of amides is 1. The van der Waals surface area contributed by atoms with E-state index in [0.29, 0.717) is 29.3 Å². The number of nitrogens with two attached hydrogens (primary N) is 1. The molecule has 0 spiro atoms. The zero-order chi connectivity index (χ0) is 13.0. The maximum Gasteiger partial charge on any atom is 0.253 e. The number of carbonyl (C=O) groups excluding carboxylic acids is 1. The smallest absolute Gasteiger partial charge is 0.253 e. The number of hydrogen-bond acceptors (Lipinski definition) is 4. The van der Waals surface area contributed by atoms with E-state index in [9.17, 15) is 4.79 Å². The lowest BCUT2D eigenvalue weighted by Gasteiger charge is -2.08. The van der Waals surface area contributed by atoms with Crippen molar-refractivity contribution < 1.29 is 13.9 Å². The molecule has 2 aromatic rings. The van der Waals surface area contributed by atoms with Crippen LogP contribution in [0.3, 0.4) is 0 Å². The Morgan fingerprint density at radius 2 is 2.28 bits per heavy atom. The Kier molecular flexibility index (Phi) is 3.52. The van der Waals surface area contributed by atoms with Crippen molar-refractivity contribution in [2.45, 2.75) is 6.54 Å². The molecule has 1 aromatic heterocycles. The van der Waals surface area contributed by atoms with Crippen molar-refractivity contribution in [1.82, 2.24) is 5.32 Å². The molecule has 0 bridgehead atoms. The van der Waals surface area contributed by atoms with E-state index in [4.69, 9.17) is 14.9 Å². The van der Waals surface area contributed by atoms with Crippen LogP contribution in [0.5, 0.6) is 5.75 Å². The molecule has 0 fully saturated rings. The van der Waals surface area contributed by atoms with Crippen LogP contribution in [0.2, 0.25) is 0 Å². The van der Waals surface area contributed by atoms with E-state index in [1.165, 1.54) is 0 Å². The summed E-state index contributed by atoms with van der Waals surface area (Å²) in [5.74, 6) is 1.07.